The van der Waals surface area contributed by atoms with Crippen molar-refractivity contribution in [3.63, 3.8) is 0 Å². The Balaban J connectivity index is 1.76. The Morgan fingerprint density at radius 2 is 1.93 bits per heavy atom. The molecule has 0 aromatic heterocycles. The van der Waals surface area contributed by atoms with Crippen LogP contribution < -0.4 is 39.3 Å². The Bertz CT molecular complexity index is 1000. The molecule has 0 amide bonds. The molecule has 3 heterocycles. The third kappa shape index (κ3) is 6.37. The summed E-state index contributed by atoms with van der Waals surface area (Å²) >= 11 is 0. The fourth-order valence-corrected chi connectivity index (χ4v) is 6.73. The van der Waals surface area contributed by atoms with E-state index in [1.807, 2.05) is 0 Å². The van der Waals surface area contributed by atoms with E-state index in [2.05, 4.69) is 10.6 Å². The molecule has 43 heavy (non-hydrogen) atoms. The quantitative estimate of drug-likeness (QED) is 0.0975. The highest BCUT2D eigenvalue weighted by Crippen LogP contribution is 2.47. The molecule has 16 N–H and O–H groups in total. The monoisotopic (exact) mass is 617 g/mol. The summed E-state index contributed by atoms with van der Waals surface area (Å²) in [6.07, 6.45) is -6.35. The third-order valence-corrected chi connectivity index (χ3v) is 9.44. The van der Waals surface area contributed by atoms with E-state index in [9.17, 15) is 25.2 Å². The van der Waals surface area contributed by atoms with E-state index < -0.39 is 83.6 Å². The summed E-state index contributed by atoms with van der Waals surface area (Å²) < 4.78 is 24.3. The van der Waals surface area contributed by atoms with Gasteiger partial charge in [-0.15, -0.1) is 0 Å². The SMILES string of the molecule is CN[C@@H]1[C@@H](O)[C@@H](O[C@]2(CCCN)[C@@H](O)[C@H](O[C@H]3OC(CN)=CC[C@H]3N)[C@@H](N)C[C@]2(N)C(=O)C(O)C2CNC2)OC[C@]1(C)O. The maximum absolute atomic E-state index is 14.2. The fraction of sp³-hybridized carbons (Fsp3) is 0.889. The average molecular weight is 618 g/mol. The van der Waals surface area contributed by atoms with Crippen LogP contribution in [0.5, 0.6) is 0 Å². The van der Waals surface area contributed by atoms with E-state index in [-0.39, 0.29) is 39.0 Å². The lowest BCUT2D eigenvalue weighted by Crippen LogP contribution is -2.82. The van der Waals surface area contributed by atoms with Crippen LogP contribution in [0.15, 0.2) is 11.8 Å². The molecule has 0 spiro atoms. The Kier molecular flexibility index (Phi) is 10.9. The van der Waals surface area contributed by atoms with Crippen molar-refractivity contribution < 1.29 is 44.2 Å². The number of aliphatic hydroxyl groups excluding tert-OH is 3. The first-order valence-electron chi connectivity index (χ1n) is 15.0. The molecule has 3 aliphatic heterocycles. The van der Waals surface area contributed by atoms with Gasteiger partial charge in [0.2, 0.25) is 6.29 Å². The summed E-state index contributed by atoms with van der Waals surface area (Å²) in [6, 6.07) is -2.55. The van der Waals surface area contributed by atoms with Crippen molar-refractivity contribution in [3.05, 3.63) is 11.8 Å². The molecule has 3 fully saturated rings. The minimum Gasteiger partial charge on any atom is -0.467 e. The van der Waals surface area contributed by atoms with Gasteiger partial charge in [-0.05, 0) is 52.3 Å². The molecular weight excluding hydrogens is 566 g/mol. The number of ketones is 1. The van der Waals surface area contributed by atoms with Gasteiger partial charge in [-0.25, -0.2) is 0 Å². The molecule has 0 aromatic rings. The minimum absolute atomic E-state index is 0.0894. The fourth-order valence-electron chi connectivity index (χ4n) is 6.73. The van der Waals surface area contributed by atoms with Gasteiger partial charge in [-0.2, -0.15) is 0 Å². The van der Waals surface area contributed by atoms with E-state index in [1.165, 1.54) is 6.92 Å². The number of ether oxygens (including phenoxy) is 4. The minimum atomic E-state index is -2.08. The molecule has 16 nitrogen and oxygen atoms in total. The van der Waals surface area contributed by atoms with Gasteiger partial charge in [-0.3, -0.25) is 4.79 Å². The van der Waals surface area contributed by atoms with Gasteiger partial charge in [-0.1, -0.05) is 0 Å². The van der Waals surface area contributed by atoms with Crippen LogP contribution in [0.1, 0.15) is 32.6 Å². The second-order valence-corrected chi connectivity index (χ2v) is 12.6. The number of hydrogen-bond donors (Lipinski definition) is 11. The maximum Gasteiger partial charge on any atom is 0.215 e. The number of rotatable bonds is 12. The van der Waals surface area contributed by atoms with E-state index >= 15 is 0 Å². The van der Waals surface area contributed by atoms with Crippen molar-refractivity contribution in [2.24, 2.45) is 34.6 Å². The van der Waals surface area contributed by atoms with Gasteiger partial charge in [0.15, 0.2) is 12.1 Å². The number of carbonyl (C=O) groups excluding carboxylic acids is 1. The highest BCUT2D eigenvalue weighted by molar-refractivity contribution is 5.94. The molecule has 1 unspecified atom stereocenters. The summed E-state index contributed by atoms with van der Waals surface area (Å²) in [5, 5.41) is 51.3. The lowest BCUT2D eigenvalue weighted by Gasteiger charge is -2.59. The highest BCUT2D eigenvalue weighted by atomic mass is 16.7. The molecule has 248 valence electrons. The van der Waals surface area contributed by atoms with Crippen molar-refractivity contribution >= 4 is 5.78 Å². The second kappa shape index (κ2) is 13.6. The van der Waals surface area contributed by atoms with Gasteiger partial charge < -0.3 is 78.7 Å². The number of hydrogen-bond acceptors (Lipinski definition) is 16. The topological polar surface area (TPSA) is 289 Å². The van der Waals surface area contributed by atoms with Crippen molar-refractivity contribution in [2.75, 3.05) is 39.8 Å². The normalized spacial score (nSPS) is 44.7. The smallest absolute Gasteiger partial charge is 0.215 e. The van der Waals surface area contributed by atoms with Crippen LogP contribution in [0.2, 0.25) is 0 Å². The molecule has 2 saturated heterocycles. The van der Waals surface area contributed by atoms with Crippen LogP contribution in [-0.4, -0.2) is 138 Å². The summed E-state index contributed by atoms with van der Waals surface area (Å²) in [6.45, 7) is 2.29. The van der Waals surface area contributed by atoms with Crippen molar-refractivity contribution in [1.82, 2.24) is 10.6 Å². The summed E-state index contributed by atoms with van der Waals surface area (Å²) in [5.74, 6) is -0.719. The lowest BCUT2D eigenvalue weighted by atomic mass is 9.59. The summed E-state index contributed by atoms with van der Waals surface area (Å²) in [5.41, 5.74) is 25.9. The molecule has 0 radical (unpaired) electrons. The summed E-state index contributed by atoms with van der Waals surface area (Å²) in [4.78, 5) is 14.2. The van der Waals surface area contributed by atoms with E-state index in [0.29, 0.717) is 25.3 Å². The van der Waals surface area contributed by atoms with Crippen molar-refractivity contribution in [2.45, 2.75) is 104 Å². The Morgan fingerprint density at radius 3 is 2.51 bits per heavy atom. The number of likely N-dealkylation sites (N-methyl/N-ethyl adjacent to an activating group) is 1. The lowest BCUT2D eigenvalue weighted by molar-refractivity contribution is -0.342. The van der Waals surface area contributed by atoms with Gasteiger partial charge >= 0.3 is 0 Å². The van der Waals surface area contributed by atoms with Gasteiger partial charge in [0, 0.05) is 25.0 Å². The Labute approximate surface area is 251 Å². The Hall–Kier alpha value is -1.35. The van der Waals surface area contributed by atoms with Crippen molar-refractivity contribution in [1.29, 1.82) is 0 Å². The molecule has 16 heteroatoms. The van der Waals surface area contributed by atoms with Crippen LogP contribution in [0.25, 0.3) is 0 Å². The van der Waals surface area contributed by atoms with Crippen LogP contribution in [0.4, 0.5) is 0 Å². The molecule has 0 aromatic carbocycles. The first kappa shape index (κ1) is 34.5. The van der Waals surface area contributed by atoms with Gasteiger partial charge in [0.05, 0.1) is 25.2 Å². The van der Waals surface area contributed by atoms with Gasteiger partial charge in [0.25, 0.3) is 0 Å². The highest BCUT2D eigenvalue weighted by Gasteiger charge is 2.68. The number of nitrogens with one attached hydrogen (secondary N) is 2. The zero-order chi connectivity index (χ0) is 31.7. The first-order chi connectivity index (χ1) is 20.3. The molecule has 4 rings (SSSR count). The second-order valence-electron chi connectivity index (χ2n) is 12.6. The zero-order valence-electron chi connectivity index (χ0n) is 24.9. The van der Waals surface area contributed by atoms with Gasteiger partial charge in [0.1, 0.15) is 46.9 Å². The largest absolute Gasteiger partial charge is 0.467 e. The standard InChI is InChI=1S/C27H51N7O9/c1-25(39)12-40-24(18(36)20(25)33-2)43-27(6-3-7-28)22(38)19(42-23-15(30)5-4-14(9-29)41-23)16(31)8-26(27,32)21(37)17(35)13-10-34-11-13/h4,13,15-20,22-24,33-36,38-39H,3,5-12,28-32H2,1-2H3/t15-,16+,17?,18-,19-,20-,22+,23-,24-,25+,26+,27-/m1/s1. The first-order valence-corrected chi connectivity index (χ1v) is 15.0. The zero-order valence-corrected chi connectivity index (χ0v) is 24.9. The molecule has 1 aliphatic carbocycles. The molecule has 12 atom stereocenters. The third-order valence-electron chi connectivity index (χ3n) is 9.44. The Morgan fingerprint density at radius 1 is 1.23 bits per heavy atom. The van der Waals surface area contributed by atoms with E-state index in [4.69, 9.17) is 47.6 Å². The van der Waals surface area contributed by atoms with Crippen LogP contribution in [0.3, 0.4) is 0 Å². The van der Waals surface area contributed by atoms with Crippen molar-refractivity contribution in [3.8, 4) is 0 Å². The average Bonchev–Trinajstić information content (AvgIpc) is 2.93. The molecular formula is C27H51N7O9. The molecule has 4 aliphatic rings. The van der Waals surface area contributed by atoms with E-state index in [0.717, 1.165) is 0 Å². The van der Waals surface area contributed by atoms with E-state index in [1.54, 1.807) is 13.1 Å². The molecule has 1 saturated carbocycles. The maximum atomic E-state index is 14.2. The predicted molar refractivity (Wildman–Crippen MR) is 154 cm³/mol. The number of Topliss-reactive ketones (excluding diaryl/α,β-unsaturated/α-hetero) is 1. The summed E-state index contributed by atoms with van der Waals surface area (Å²) in [7, 11) is 1.56. The number of nitrogens with two attached hydrogens (primary N) is 5. The number of carbonyl (C=O) groups is 1. The molecule has 0 bridgehead atoms. The number of aliphatic hydroxyl groups is 4. The van der Waals surface area contributed by atoms with Crippen LogP contribution in [-0.2, 0) is 23.7 Å². The van der Waals surface area contributed by atoms with Crippen LogP contribution in [0, 0.1) is 5.92 Å². The predicted octanol–water partition coefficient (Wildman–Crippen LogP) is -5.22. The van der Waals surface area contributed by atoms with Crippen LogP contribution >= 0.6 is 0 Å².